The monoisotopic (exact) mass is 526 g/mol. The molecule has 0 saturated heterocycles. The van der Waals surface area contributed by atoms with Gasteiger partial charge in [0.15, 0.2) is 0 Å². The fourth-order valence-electron chi connectivity index (χ4n) is 6.23. The Morgan fingerprint density at radius 3 is 1.79 bits per heavy atom. The summed E-state index contributed by atoms with van der Waals surface area (Å²) in [6.07, 6.45) is 9.89. The topological polar surface area (TPSA) is 0 Å². The minimum atomic E-state index is 1.15. The number of hydrogen-bond donors (Lipinski definition) is 0. The molecule has 1 heteroatoms. The van der Waals surface area contributed by atoms with E-state index in [2.05, 4.69) is 111 Å². The summed E-state index contributed by atoms with van der Waals surface area (Å²) >= 11 is 1.91. The van der Waals surface area contributed by atoms with E-state index in [1.807, 2.05) is 11.3 Å². The summed E-state index contributed by atoms with van der Waals surface area (Å²) < 4.78 is 0. The Hall–Kier alpha value is -3.42. The van der Waals surface area contributed by atoms with Gasteiger partial charge in [0.25, 0.3) is 0 Å². The van der Waals surface area contributed by atoms with Crippen molar-refractivity contribution in [3.8, 4) is 20.9 Å². The molecule has 0 bridgehead atoms. The maximum Gasteiger partial charge on any atom is 0.0355 e. The fraction of sp³-hybridized carbons (Fsp3) is 0.263. The summed E-state index contributed by atoms with van der Waals surface area (Å²) in [6, 6.07) is 36.5. The Morgan fingerprint density at radius 2 is 1.08 bits per heavy atom. The second-order valence-corrected chi connectivity index (χ2v) is 12.0. The molecule has 0 aliphatic carbocycles. The molecule has 0 atom stereocenters. The molecule has 6 rings (SSSR count). The van der Waals surface area contributed by atoms with Crippen LogP contribution in [0.3, 0.4) is 0 Å². The highest BCUT2D eigenvalue weighted by atomic mass is 32.1. The Bertz CT molecular complexity index is 1730. The number of fused-ring (bicyclic) bond motifs is 3. The number of aryl methyl sites for hydroxylation is 2. The van der Waals surface area contributed by atoms with Crippen LogP contribution in [0.5, 0.6) is 0 Å². The molecule has 1 heterocycles. The highest BCUT2D eigenvalue weighted by molar-refractivity contribution is 7.18. The lowest BCUT2D eigenvalue weighted by molar-refractivity contribution is 0.719. The van der Waals surface area contributed by atoms with Crippen LogP contribution >= 0.6 is 11.3 Å². The first-order valence-electron chi connectivity index (χ1n) is 14.8. The lowest BCUT2D eigenvalue weighted by Crippen LogP contribution is -1.97. The van der Waals surface area contributed by atoms with Crippen LogP contribution < -0.4 is 0 Å². The Balaban J connectivity index is 1.49. The molecule has 0 spiro atoms. The summed E-state index contributed by atoms with van der Waals surface area (Å²) in [7, 11) is 0. The molecule has 0 N–H and O–H groups in total. The molecule has 0 unspecified atom stereocenters. The van der Waals surface area contributed by atoms with Gasteiger partial charge in [-0.05, 0) is 98.5 Å². The normalized spacial score (nSPS) is 11.6. The Morgan fingerprint density at radius 1 is 0.487 bits per heavy atom. The minimum absolute atomic E-state index is 1.15. The molecule has 6 aromatic rings. The smallest absolute Gasteiger partial charge is 0.0355 e. The SMILES string of the molecule is CCCCCc1c2ccccc2c(CCCCC)c2cc(-c3ccc(-c4cccc5ccccc45)s3)ccc12. The molecule has 0 aliphatic rings. The molecule has 0 nitrogen and oxygen atoms in total. The molecule has 39 heavy (non-hydrogen) atoms. The van der Waals surface area contributed by atoms with Crippen LogP contribution in [0.4, 0.5) is 0 Å². The summed E-state index contributed by atoms with van der Waals surface area (Å²) in [5.74, 6) is 0. The first-order chi connectivity index (χ1) is 19.3. The van der Waals surface area contributed by atoms with E-state index in [0.717, 1.165) is 12.8 Å². The molecule has 196 valence electrons. The molecule has 0 fully saturated rings. The summed E-state index contributed by atoms with van der Waals surface area (Å²) in [5, 5.41) is 8.49. The summed E-state index contributed by atoms with van der Waals surface area (Å²) in [5.41, 5.74) is 5.75. The molecule has 0 radical (unpaired) electrons. The Labute approximate surface area is 237 Å². The number of unbranched alkanes of at least 4 members (excludes halogenated alkanes) is 4. The van der Waals surface area contributed by atoms with Gasteiger partial charge in [0.05, 0.1) is 0 Å². The van der Waals surface area contributed by atoms with Crippen LogP contribution in [0.1, 0.15) is 63.5 Å². The van der Waals surface area contributed by atoms with Gasteiger partial charge in [-0.2, -0.15) is 0 Å². The van der Waals surface area contributed by atoms with Crippen molar-refractivity contribution in [1.29, 1.82) is 0 Å². The van der Waals surface area contributed by atoms with Crippen molar-refractivity contribution in [2.75, 3.05) is 0 Å². The molecular formula is C38H38S. The van der Waals surface area contributed by atoms with Crippen molar-refractivity contribution in [3.63, 3.8) is 0 Å². The van der Waals surface area contributed by atoms with Crippen LogP contribution in [0.15, 0.2) is 97.1 Å². The van der Waals surface area contributed by atoms with Crippen LogP contribution in [-0.4, -0.2) is 0 Å². The second kappa shape index (κ2) is 11.8. The van der Waals surface area contributed by atoms with Crippen LogP contribution in [-0.2, 0) is 12.8 Å². The van der Waals surface area contributed by atoms with Crippen LogP contribution in [0, 0.1) is 0 Å². The third kappa shape index (κ3) is 5.13. The zero-order valence-electron chi connectivity index (χ0n) is 23.3. The van der Waals surface area contributed by atoms with Gasteiger partial charge < -0.3 is 0 Å². The average Bonchev–Trinajstić information content (AvgIpc) is 3.48. The zero-order chi connectivity index (χ0) is 26.6. The van der Waals surface area contributed by atoms with E-state index >= 15 is 0 Å². The van der Waals surface area contributed by atoms with E-state index in [0.29, 0.717) is 0 Å². The quantitative estimate of drug-likeness (QED) is 0.123. The van der Waals surface area contributed by atoms with Crippen molar-refractivity contribution in [2.24, 2.45) is 0 Å². The van der Waals surface area contributed by atoms with E-state index in [1.54, 1.807) is 11.1 Å². The number of rotatable bonds is 10. The first-order valence-corrected chi connectivity index (χ1v) is 15.6. The minimum Gasteiger partial charge on any atom is -0.135 e. The van der Waals surface area contributed by atoms with E-state index in [4.69, 9.17) is 0 Å². The van der Waals surface area contributed by atoms with Crippen LogP contribution in [0.25, 0.3) is 53.2 Å². The second-order valence-electron chi connectivity index (χ2n) is 10.9. The van der Waals surface area contributed by atoms with E-state index in [-0.39, 0.29) is 0 Å². The molecular weight excluding hydrogens is 488 g/mol. The predicted molar refractivity (Wildman–Crippen MR) is 174 cm³/mol. The largest absolute Gasteiger partial charge is 0.135 e. The van der Waals surface area contributed by atoms with Crippen molar-refractivity contribution >= 4 is 43.7 Å². The molecule has 0 amide bonds. The fourth-order valence-corrected chi connectivity index (χ4v) is 7.27. The van der Waals surface area contributed by atoms with E-state index in [9.17, 15) is 0 Å². The van der Waals surface area contributed by atoms with Gasteiger partial charge in [0, 0.05) is 9.75 Å². The molecule has 5 aromatic carbocycles. The average molecular weight is 527 g/mol. The first kappa shape index (κ1) is 25.8. The van der Waals surface area contributed by atoms with Gasteiger partial charge in [-0.15, -0.1) is 11.3 Å². The lowest BCUT2D eigenvalue weighted by Gasteiger charge is -2.18. The van der Waals surface area contributed by atoms with Crippen molar-refractivity contribution in [1.82, 2.24) is 0 Å². The van der Waals surface area contributed by atoms with Gasteiger partial charge in [0.1, 0.15) is 0 Å². The molecule has 0 saturated carbocycles. The third-order valence-corrected chi connectivity index (χ3v) is 9.42. The molecule has 0 aliphatic heterocycles. The lowest BCUT2D eigenvalue weighted by atomic mass is 9.86. The Kier molecular flexibility index (Phi) is 7.79. The van der Waals surface area contributed by atoms with E-state index < -0.39 is 0 Å². The van der Waals surface area contributed by atoms with Gasteiger partial charge in [-0.25, -0.2) is 0 Å². The van der Waals surface area contributed by atoms with Crippen LogP contribution in [0.2, 0.25) is 0 Å². The van der Waals surface area contributed by atoms with Gasteiger partial charge >= 0.3 is 0 Å². The summed E-state index contributed by atoms with van der Waals surface area (Å²) in [6.45, 7) is 4.60. The number of benzene rings is 5. The van der Waals surface area contributed by atoms with Gasteiger partial charge in [-0.1, -0.05) is 118 Å². The number of hydrogen-bond acceptors (Lipinski definition) is 1. The van der Waals surface area contributed by atoms with E-state index in [1.165, 1.54) is 91.7 Å². The van der Waals surface area contributed by atoms with Gasteiger partial charge in [-0.3, -0.25) is 0 Å². The number of thiophene rings is 1. The van der Waals surface area contributed by atoms with Crippen molar-refractivity contribution < 1.29 is 0 Å². The zero-order valence-corrected chi connectivity index (χ0v) is 24.1. The van der Waals surface area contributed by atoms with Crippen molar-refractivity contribution in [3.05, 3.63) is 108 Å². The maximum absolute atomic E-state index is 2.51. The standard InChI is InChI=1S/C38H38S/c1-3-5-7-17-32-30-19-11-12-20-31(30)33(18-8-6-4-2)36-26-28(22-23-34(32)36)37-24-25-38(39-37)35-21-13-15-27-14-9-10-16-29(27)35/h9-16,19-26H,3-8,17-18H2,1-2H3. The maximum atomic E-state index is 2.51. The molecule has 1 aromatic heterocycles. The van der Waals surface area contributed by atoms with Crippen molar-refractivity contribution in [2.45, 2.75) is 65.2 Å². The highest BCUT2D eigenvalue weighted by Crippen LogP contribution is 2.41. The highest BCUT2D eigenvalue weighted by Gasteiger charge is 2.16. The summed E-state index contributed by atoms with van der Waals surface area (Å²) in [4.78, 5) is 2.68. The third-order valence-electron chi connectivity index (χ3n) is 8.25. The predicted octanol–water partition coefficient (Wildman–Crippen LogP) is 12.0. The van der Waals surface area contributed by atoms with Gasteiger partial charge in [0.2, 0.25) is 0 Å².